The number of ether oxygens (including phenoxy) is 1. The summed E-state index contributed by atoms with van der Waals surface area (Å²) in [6.45, 7) is 5.62. The van der Waals surface area contributed by atoms with Crippen LogP contribution in [0.2, 0.25) is 0 Å². The average molecular weight is 439 g/mol. The highest BCUT2D eigenvalue weighted by Crippen LogP contribution is 2.18. The van der Waals surface area contributed by atoms with Crippen molar-refractivity contribution in [2.24, 2.45) is 4.99 Å². The Morgan fingerprint density at radius 2 is 1.67 bits per heavy atom. The minimum atomic E-state index is 0. The van der Waals surface area contributed by atoms with Crippen molar-refractivity contribution in [2.45, 2.75) is 26.9 Å². The quantitative estimate of drug-likeness (QED) is 0.424. The van der Waals surface area contributed by atoms with E-state index >= 15 is 0 Å². The van der Waals surface area contributed by atoms with Crippen LogP contribution in [-0.4, -0.2) is 20.1 Å². The van der Waals surface area contributed by atoms with Crippen molar-refractivity contribution in [1.82, 2.24) is 10.6 Å². The minimum Gasteiger partial charge on any atom is -0.496 e. The van der Waals surface area contributed by atoms with E-state index in [1.54, 1.807) is 14.2 Å². The molecule has 0 heterocycles. The molecular formula is C19H26IN3O. The number of rotatable bonds is 5. The number of nitrogens with one attached hydrogen (secondary N) is 2. The monoisotopic (exact) mass is 439 g/mol. The summed E-state index contributed by atoms with van der Waals surface area (Å²) in [5.41, 5.74) is 4.84. The lowest BCUT2D eigenvalue weighted by Crippen LogP contribution is -2.36. The smallest absolute Gasteiger partial charge is 0.191 e. The molecule has 130 valence electrons. The van der Waals surface area contributed by atoms with Crippen molar-refractivity contribution in [2.75, 3.05) is 14.2 Å². The molecule has 0 aromatic heterocycles. The number of hydrogen-bond acceptors (Lipinski definition) is 2. The van der Waals surface area contributed by atoms with Crippen LogP contribution < -0.4 is 15.4 Å². The first-order chi connectivity index (χ1) is 11.1. The molecule has 24 heavy (non-hydrogen) atoms. The summed E-state index contributed by atoms with van der Waals surface area (Å²) in [6, 6.07) is 14.6. The van der Waals surface area contributed by atoms with Gasteiger partial charge in [0.1, 0.15) is 5.75 Å². The van der Waals surface area contributed by atoms with E-state index in [9.17, 15) is 0 Å². The predicted octanol–water partition coefficient (Wildman–Crippen LogP) is 3.80. The molecule has 0 amide bonds. The first-order valence-electron chi connectivity index (χ1n) is 7.76. The summed E-state index contributed by atoms with van der Waals surface area (Å²) < 4.78 is 5.29. The molecule has 0 bridgehead atoms. The summed E-state index contributed by atoms with van der Waals surface area (Å²) in [5, 5.41) is 6.67. The summed E-state index contributed by atoms with van der Waals surface area (Å²) in [7, 11) is 3.47. The number of methoxy groups -OCH3 is 1. The molecule has 0 aliphatic carbocycles. The molecule has 2 aromatic rings. The van der Waals surface area contributed by atoms with Gasteiger partial charge in [0.2, 0.25) is 0 Å². The van der Waals surface area contributed by atoms with E-state index in [1.165, 1.54) is 16.7 Å². The first kappa shape index (κ1) is 20.3. The summed E-state index contributed by atoms with van der Waals surface area (Å²) in [6.07, 6.45) is 0. The lowest BCUT2D eigenvalue weighted by molar-refractivity contribution is 0.411. The lowest BCUT2D eigenvalue weighted by Gasteiger charge is -2.13. The standard InChI is InChI=1S/C19H25N3O.HI/c1-14-6-5-7-16(10-14)12-21-19(20-3)22-13-17-8-9-18(23-4)15(2)11-17;/h5-11H,12-13H2,1-4H3,(H2,20,21,22);1H. The molecule has 0 atom stereocenters. The second-order valence-electron chi connectivity index (χ2n) is 5.57. The SMILES string of the molecule is CN=C(NCc1cccc(C)c1)NCc1ccc(OC)c(C)c1.I. The van der Waals surface area contributed by atoms with Crippen molar-refractivity contribution in [3.8, 4) is 5.75 Å². The van der Waals surface area contributed by atoms with Crippen molar-refractivity contribution in [1.29, 1.82) is 0 Å². The molecule has 0 unspecified atom stereocenters. The molecule has 5 heteroatoms. The maximum Gasteiger partial charge on any atom is 0.191 e. The molecule has 0 saturated heterocycles. The fourth-order valence-corrected chi connectivity index (χ4v) is 2.46. The van der Waals surface area contributed by atoms with E-state index in [-0.39, 0.29) is 24.0 Å². The van der Waals surface area contributed by atoms with Gasteiger partial charge in [0.05, 0.1) is 7.11 Å². The zero-order valence-electron chi connectivity index (χ0n) is 14.7. The van der Waals surface area contributed by atoms with Gasteiger partial charge in [-0.2, -0.15) is 0 Å². The Morgan fingerprint density at radius 1 is 1.00 bits per heavy atom. The lowest BCUT2D eigenvalue weighted by atomic mass is 10.1. The highest BCUT2D eigenvalue weighted by molar-refractivity contribution is 14.0. The van der Waals surface area contributed by atoms with E-state index in [0.717, 1.165) is 30.4 Å². The third kappa shape index (κ3) is 6.03. The van der Waals surface area contributed by atoms with Crippen LogP contribution in [0.15, 0.2) is 47.5 Å². The Hall–Kier alpha value is -1.76. The average Bonchev–Trinajstić information content (AvgIpc) is 2.55. The number of aryl methyl sites for hydroxylation is 2. The number of aliphatic imine (C=N–C) groups is 1. The van der Waals surface area contributed by atoms with Crippen LogP contribution in [0, 0.1) is 13.8 Å². The number of guanidine groups is 1. The van der Waals surface area contributed by atoms with Gasteiger partial charge in [-0.1, -0.05) is 42.0 Å². The number of hydrogen-bond donors (Lipinski definition) is 2. The van der Waals surface area contributed by atoms with Crippen LogP contribution in [0.3, 0.4) is 0 Å². The normalized spacial score (nSPS) is 10.8. The van der Waals surface area contributed by atoms with Gasteiger partial charge in [0, 0.05) is 20.1 Å². The van der Waals surface area contributed by atoms with Gasteiger partial charge in [0.15, 0.2) is 5.96 Å². The largest absolute Gasteiger partial charge is 0.496 e. The van der Waals surface area contributed by atoms with E-state index in [2.05, 4.69) is 58.9 Å². The van der Waals surface area contributed by atoms with E-state index in [0.29, 0.717) is 0 Å². The minimum absolute atomic E-state index is 0. The predicted molar refractivity (Wildman–Crippen MR) is 111 cm³/mol. The first-order valence-corrected chi connectivity index (χ1v) is 7.76. The topological polar surface area (TPSA) is 45.7 Å². The highest BCUT2D eigenvalue weighted by Gasteiger charge is 2.02. The molecule has 0 fully saturated rings. The zero-order valence-corrected chi connectivity index (χ0v) is 17.0. The van der Waals surface area contributed by atoms with Crippen LogP contribution in [-0.2, 0) is 13.1 Å². The molecule has 2 rings (SSSR count). The van der Waals surface area contributed by atoms with Gasteiger partial charge in [-0.3, -0.25) is 4.99 Å². The third-order valence-corrected chi connectivity index (χ3v) is 3.69. The Bertz CT molecular complexity index is 686. The maximum absolute atomic E-state index is 5.29. The van der Waals surface area contributed by atoms with Gasteiger partial charge in [-0.15, -0.1) is 24.0 Å². The number of halogens is 1. The van der Waals surface area contributed by atoms with Crippen molar-refractivity contribution in [3.05, 3.63) is 64.7 Å². The van der Waals surface area contributed by atoms with Crippen LogP contribution in [0.25, 0.3) is 0 Å². The highest BCUT2D eigenvalue weighted by atomic mass is 127. The fraction of sp³-hybridized carbons (Fsp3) is 0.316. The van der Waals surface area contributed by atoms with Crippen molar-refractivity contribution < 1.29 is 4.74 Å². The van der Waals surface area contributed by atoms with Crippen LogP contribution >= 0.6 is 24.0 Å². The maximum atomic E-state index is 5.29. The van der Waals surface area contributed by atoms with E-state index < -0.39 is 0 Å². The molecule has 0 spiro atoms. The molecule has 0 aliphatic heterocycles. The molecule has 2 N–H and O–H groups in total. The van der Waals surface area contributed by atoms with E-state index in [4.69, 9.17) is 4.74 Å². The molecule has 0 aliphatic rings. The Balaban J connectivity index is 0.00000288. The molecular weight excluding hydrogens is 413 g/mol. The van der Waals surface area contributed by atoms with Crippen LogP contribution in [0.4, 0.5) is 0 Å². The third-order valence-electron chi connectivity index (χ3n) is 3.69. The Labute approximate surface area is 161 Å². The number of benzene rings is 2. The molecule has 0 radical (unpaired) electrons. The fourth-order valence-electron chi connectivity index (χ4n) is 2.46. The summed E-state index contributed by atoms with van der Waals surface area (Å²) in [4.78, 5) is 4.27. The zero-order chi connectivity index (χ0) is 16.7. The van der Waals surface area contributed by atoms with Crippen molar-refractivity contribution in [3.63, 3.8) is 0 Å². The molecule has 2 aromatic carbocycles. The van der Waals surface area contributed by atoms with Crippen molar-refractivity contribution >= 4 is 29.9 Å². The van der Waals surface area contributed by atoms with Gasteiger partial charge in [0.25, 0.3) is 0 Å². The van der Waals surface area contributed by atoms with Gasteiger partial charge in [-0.25, -0.2) is 0 Å². The summed E-state index contributed by atoms with van der Waals surface area (Å²) in [5.74, 6) is 1.70. The van der Waals surface area contributed by atoms with E-state index in [1.807, 2.05) is 13.0 Å². The number of nitrogens with zero attached hydrogens (tertiary/aromatic N) is 1. The van der Waals surface area contributed by atoms with Gasteiger partial charge in [-0.05, 0) is 36.6 Å². The Kier molecular flexibility index (Phi) is 8.60. The molecule has 0 saturated carbocycles. The van der Waals surface area contributed by atoms with Crippen LogP contribution in [0.5, 0.6) is 5.75 Å². The van der Waals surface area contributed by atoms with Gasteiger partial charge < -0.3 is 15.4 Å². The van der Waals surface area contributed by atoms with Gasteiger partial charge >= 0.3 is 0 Å². The second kappa shape index (κ2) is 10.2. The molecule has 4 nitrogen and oxygen atoms in total. The van der Waals surface area contributed by atoms with Crippen LogP contribution in [0.1, 0.15) is 22.3 Å². The Morgan fingerprint density at radius 3 is 2.21 bits per heavy atom. The second-order valence-corrected chi connectivity index (χ2v) is 5.57. The summed E-state index contributed by atoms with van der Waals surface area (Å²) >= 11 is 0.